The van der Waals surface area contributed by atoms with Crippen molar-refractivity contribution in [1.29, 1.82) is 0 Å². The average Bonchev–Trinajstić information content (AvgIpc) is 3.23. The van der Waals surface area contributed by atoms with Gasteiger partial charge in [0.2, 0.25) is 11.8 Å². The number of carbonyl (C=O) groups excluding carboxylic acids is 2. The topological polar surface area (TPSA) is 119 Å². The summed E-state index contributed by atoms with van der Waals surface area (Å²) in [6.07, 6.45) is 0. The summed E-state index contributed by atoms with van der Waals surface area (Å²) in [5.74, 6) is -0.399. The van der Waals surface area contributed by atoms with Crippen molar-refractivity contribution in [3.05, 3.63) is 67.6 Å². The molecule has 0 aliphatic carbocycles. The lowest BCUT2D eigenvalue weighted by Gasteiger charge is -2.19. The van der Waals surface area contributed by atoms with Crippen LogP contribution in [0.5, 0.6) is 17.4 Å². The fourth-order valence-corrected chi connectivity index (χ4v) is 4.38. The Morgan fingerprint density at radius 3 is 2.74 bits per heavy atom. The highest BCUT2D eigenvalue weighted by Crippen LogP contribution is 2.33. The van der Waals surface area contributed by atoms with Crippen LogP contribution in [0.4, 0.5) is 5.69 Å². The largest absolute Gasteiger partial charge is 0.493 e. The van der Waals surface area contributed by atoms with Gasteiger partial charge in [0, 0.05) is 17.0 Å². The van der Waals surface area contributed by atoms with Gasteiger partial charge in [0.15, 0.2) is 11.5 Å². The maximum atomic E-state index is 12.5. The van der Waals surface area contributed by atoms with E-state index in [4.69, 9.17) is 9.47 Å². The zero-order chi connectivity index (χ0) is 21.5. The molecule has 0 bridgehead atoms. The lowest BCUT2D eigenvalue weighted by atomic mass is 10.1. The number of nitrogens with zero attached hydrogens (tertiary/aromatic N) is 2. The summed E-state index contributed by atoms with van der Waals surface area (Å²) in [7, 11) is 0. The monoisotopic (exact) mass is 437 g/mol. The van der Waals surface area contributed by atoms with E-state index in [1.54, 1.807) is 42.5 Å². The SMILES string of the molecule is O=C(Cn1c(O)c(C2=c3ccccc3=NC2=O)sc1=O)Nc1ccc2c(c1)OCCO2. The Hall–Kier alpha value is -3.92. The minimum atomic E-state index is -0.561. The third-order valence-corrected chi connectivity index (χ3v) is 5.82. The van der Waals surface area contributed by atoms with Crippen molar-refractivity contribution in [2.45, 2.75) is 6.54 Å². The van der Waals surface area contributed by atoms with Crippen molar-refractivity contribution < 1.29 is 24.2 Å². The minimum Gasteiger partial charge on any atom is -0.493 e. The van der Waals surface area contributed by atoms with E-state index in [0.29, 0.717) is 52.3 Å². The molecule has 0 spiro atoms. The second-order valence-corrected chi connectivity index (χ2v) is 7.78. The zero-order valence-electron chi connectivity index (χ0n) is 16.0. The smallest absolute Gasteiger partial charge is 0.311 e. The van der Waals surface area contributed by atoms with Gasteiger partial charge in [-0.05, 0) is 18.2 Å². The van der Waals surface area contributed by atoms with Crippen molar-refractivity contribution in [3.63, 3.8) is 0 Å². The molecule has 1 aromatic heterocycles. The van der Waals surface area contributed by atoms with E-state index in [9.17, 15) is 19.5 Å². The van der Waals surface area contributed by atoms with Gasteiger partial charge in [-0.2, -0.15) is 0 Å². The molecule has 0 fully saturated rings. The molecule has 31 heavy (non-hydrogen) atoms. The lowest BCUT2D eigenvalue weighted by molar-refractivity contribution is -0.117. The first-order chi connectivity index (χ1) is 15.0. The maximum absolute atomic E-state index is 12.5. The van der Waals surface area contributed by atoms with Crippen molar-refractivity contribution in [1.82, 2.24) is 4.57 Å². The number of benzene rings is 2. The quantitative estimate of drug-likeness (QED) is 0.609. The molecule has 0 saturated heterocycles. The number of carbonyl (C=O) groups is 2. The fraction of sp³-hybridized carbons (Fsp3) is 0.143. The summed E-state index contributed by atoms with van der Waals surface area (Å²) in [6, 6.07) is 11.8. The van der Waals surface area contributed by atoms with Gasteiger partial charge in [-0.15, -0.1) is 0 Å². The Morgan fingerprint density at radius 1 is 1.13 bits per heavy atom. The van der Waals surface area contributed by atoms with Gasteiger partial charge < -0.3 is 19.9 Å². The highest BCUT2D eigenvalue weighted by molar-refractivity contribution is 7.11. The van der Waals surface area contributed by atoms with Gasteiger partial charge in [-0.25, -0.2) is 4.99 Å². The first kappa shape index (κ1) is 19.1. The van der Waals surface area contributed by atoms with E-state index in [0.717, 1.165) is 4.57 Å². The van der Waals surface area contributed by atoms with Crippen LogP contribution >= 0.6 is 11.3 Å². The summed E-state index contributed by atoms with van der Waals surface area (Å²) in [5.41, 5.74) is 0.617. The highest BCUT2D eigenvalue weighted by Gasteiger charge is 2.26. The van der Waals surface area contributed by atoms with Crippen LogP contribution in [-0.2, 0) is 16.1 Å². The minimum absolute atomic E-state index is 0.0934. The molecule has 2 aliphatic rings. The number of rotatable bonds is 4. The predicted octanol–water partition coefficient (Wildman–Crippen LogP) is 0.384. The standard InChI is InChI=1S/C21H15N3O6S/c25-16(22-11-5-6-14-15(9-11)30-8-7-29-14)10-24-20(27)18(31-21(24)28)17-12-3-1-2-4-13(12)23-19(17)26/h1-6,9,27H,7-8,10H2,(H,22,25). The summed E-state index contributed by atoms with van der Waals surface area (Å²) >= 11 is 0.695. The van der Waals surface area contributed by atoms with Crippen LogP contribution in [0.2, 0.25) is 0 Å². The molecule has 2 aromatic carbocycles. The molecule has 5 rings (SSSR count). The number of anilines is 1. The van der Waals surface area contributed by atoms with E-state index in [1.165, 1.54) is 0 Å². The number of aromatic nitrogens is 1. The number of ether oxygens (including phenoxy) is 2. The Bertz CT molecular complexity index is 1420. The summed E-state index contributed by atoms with van der Waals surface area (Å²) in [6.45, 7) is 0.453. The molecule has 0 unspecified atom stereocenters. The van der Waals surface area contributed by atoms with E-state index in [1.807, 2.05) is 0 Å². The Morgan fingerprint density at radius 2 is 1.90 bits per heavy atom. The molecule has 156 valence electrons. The molecule has 2 amide bonds. The second kappa shape index (κ2) is 7.40. The number of para-hydroxylation sites is 1. The van der Waals surface area contributed by atoms with Crippen molar-refractivity contribution in [2.75, 3.05) is 18.5 Å². The number of amides is 2. The van der Waals surface area contributed by atoms with Crippen molar-refractivity contribution in [2.24, 2.45) is 4.99 Å². The van der Waals surface area contributed by atoms with Crippen LogP contribution in [0.1, 0.15) is 4.88 Å². The molecular formula is C21H15N3O6S. The number of hydrogen-bond donors (Lipinski definition) is 2. The van der Waals surface area contributed by atoms with Gasteiger partial charge in [0.25, 0.3) is 5.91 Å². The van der Waals surface area contributed by atoms with Gasteiger partial charge >= 0.3 is 4.87 Å². The Labute approximate surface area is 178 Å². The molecule has 9 nitrogen and oxygen atoms in total. The molecule has 0 atom stereocenters. The number of thiazole rings is 1. The number of aromatic hydroxyl groups is 1. The van der Waals surface area contributed by atoms with E-state index in [-0.39, 0.29) is 10.5 Å². The summed E-state index contributed by atoms with van der Waals surface area (Å²) in [4.78, 5) is 40.8. The molecule has 3 heterocycles. The van der Waals surface area contributed by atoms with E-state index < -0.39 is 29.1 Å². The van der Waals surface area contributed by atoms with Crippen LogP contribution in [0.15, 0.2) is 52.3 Å². The van der Waals surface area contributed by atoms with Crippen molar-refractivity contribution >= 4 is 34.4 Å². The first-order valence-corrected chi connectivity index (χ1v) is 10.2. The van der Waals surface area contributed by atoms with Crippen LogP contribution in [0.25, 0.3) is 5.57 Å². The third kappa shape index (κ3) is 3.36. The Kier molecular flexibility index (Phi) is 4.55. The average molecular weight is 437 g/mol. The lowest BCUT2D eigenvalue weighted by Crippen LogP contribution is -2.24. The summed E-state index contributed by atoms with van der Waals surface area (Å²) in [5, 5.41) is 14.3. The molecule has 3 aromatic rings. The van der Waals surface area contributed by atoms with E-state index >= 15 is 0 Å². The maximum Gasteiger partial charge on any atom is 0.311 e. The zero-order valence-corrected chi connectivity index (χ0v) is 16.8. The van der Waals surface area contributed by atoms with Crippen LogP contribution in [0, 0.1) is 0 Å². The summed E-state index contributed by atoms with van der Waals surface area (Å²) < 4.78 is 11.9. The van der Waals surface area contributed by atoms with E-state index in [2.05, 4.69) is 10.3 Å². The van der Waals surface area contributed by atoms with Crippen LogP contribution < -0.4 is 30.2 Å². The van der Waals surface area contributed by atoms with Gasteiger partial charge in [0.1, 0.15) is 24.6 Å². The molecule has 0 radical (unpaired) electrons. The predicted molar refractivity (Wildman–Crippen MR) is 111 cm³/mol. The fourth-order valence-electron chi connectivity index (χ4n) is 3.45. The van der Waals surface area contributed by atoms with Gasteiger partial charge in [-0.3, -0.25) is 19.0 Å². The van der Waals surface area contributed by atoms with Crippen molar-refractivity contribution in [3.8, 4) is 17.4 Å². The molecular weight excluding hydrogens is 422 g/mol. The molecule has 2 N–H and O–H groups in total. The molecule has 2 aliphatic heterocycles. The molecule has 0 saturated carbocycles. The van der Waals surface area contributed by atoms with Crippen LogP contribution in [-0.4, -0.2) is 34.7 Å². The first-order valence-electron chi connectivity index (χ1n) is 9.36. The second-order valence-electron chi connectivity index (χ2n) is 6.82. The van der Waals surface area contributed by atoms with Crippen LogP contribution in [0.3, 0.4) is 0 Å². The number of fused-ring (bicyclic) bond motifs is 2. The number of nitrogens with one attached hydrogen (secondary N) is 1. The highest BCUT2D eigenvalue weighted by atomic mass is 32.1. The van der Waals surface area contributed by atoms with Gasteiger partial charge in [-0.1, -0.05) is 29.5 Å². The number of hydrogen-bond acceptors (Lipinski definition) is 7. The normalized spacial score (nSPS) is 14.2. The third-order valence-electron chi connectivity index (χ3n) is 4.83. The Balaban J connectivity index is 1.42. The molecule has 10 heteroatoms. The van der Waals surface area contributed by atoms with Gasteiger partial charge in [0.05, 0.1) is 10.9 Å².